The molecule has 1 atom stereocenters. The van der Waals surface area contributed by atoms with Crippen LogP contribution in [-0.2, 0) is 6.42 Å². The third kappa shape index (κ3) is 3.55. The highest BCUT2D eigenvalue weighted by atomic mass is 35.5. The van der Waals surface area contributed by atoms with Gasteiger partial charge in [-0.25, -0.2) is 0 Å². The van der Waals surface area contributed by atoms with Crippen LogP contribution in [0.1, 0.15) is 44.1 Å². The second kappa shape index (κ2) is 6.93. The zero-order valence-corrected chi connectivity index (χ0v) is 13.5. The van der Waals surface area contributed by atoms with E-state index in [2.05, 4.69) is 25.1 Å². The molecule has 1 aromatic carbocycles. The summed E-state index contributed by atoms with van der Waals surface area (Å²) in [6.07, 6.45) is 8.60. The quantitative estimate of drug-likeness (QED) is 0.854. The third-order valence-corrected chi connectivity index (χ3v) is 5.13. The summed E-state index contributed by atoms with van der Waals surface area (Å²) in [4.78, 5) is 2.37. The van der Waals surface area contributed by atoms with Gasteiger partial charge in [0.15, 0.2) is 0 Å². The minimum absolute atomic E-state index is 0.138. The molecule has 1 aliphatic carbocycles. The van der Waals surface area contributed by atoms with Crippen LogP contribution in [0.5, 0.6) is 0 Å². The minimum Gasteiger partial charge on any atom is -0.326 e. The van der Waals surface area contributed by atoms with Crippen LogP contribution in [0.3, 0.4) is 0 Å². The van der Waals surface area contributed by atoms with Crippen molar-refractivity contribution in [3.8, 4) is 0 Å². The number of rotatable bonds is 4. The Morgan fingerprint density at radius 2 is 1.85 bits per heavy atom. The SMILES string of the molecule is CN(C)C1(C(N)Cc2cccc(Cl)c2)CCCCCC1. The van der Waals surface area contributed by atoms with Gasteiger partial charge < -0.3 is 10.6 Å². The summed E-state index contributed by atoms with van der Waals surface area (Å²) in [5.74, 6) is 0. The van der Waals surface area contributed by atoms with Crippen molar-refractivity contribution in [3.05, 3.63) is 34.9 Å². The number of nitrogens with two attached hydrogens (primary N) is 1. The van der Waals surface area contributed by atoms with Crippen molar-refractivity contribution in [2.45, 2.75) is 56.5 Å². The molecule has 0 radical (unpaired) electrons. The maximum atomic E-state index is 6.65. The fraction of sp³-hybridized carbons (Fsp3) is 0.647. The Morgan fingerprint density at radius 3 is 2.40 bits per heavy atom. The molecule has 1 unspecified atom stereocenters. The van der Waals surface area contributed by atoms with Crippen molar-refractivity contribution in [1.29, 1.82) is 0 Å². The van der Waals surface area contributed by atoms with Gasteiger partial charge in [-0.1, -0.05) is 49.4 Å². The van der Waals surface area contributed by atoms with E-state index in [4.69, 9.17) is 17.3 Å². The highest BCUT2D eigenvalue weighted by Gasteiger charge is 2.38. The first-order valence-electron chi connectivity index (χ1n) is 7.72. The first kappa shape index (κ1) is 15.8. The van der Waals surface area contributed by atoms with Gasteiger partial charge in [-0.05, 0) is 51.1 Å². The van der Waals surface area contributed by atoms with E-state index in [0.29, 0.717) is 0 Å². The number of hydrogen-bond donors (Lipinski definition) is 1. The highest BCUT2D eigenvalue weighted by molar-refractivity contribution is 6.30. The lowest BCUT2D eigenvalue weighted by Crippen LogP contribution is -2.58. The lowest BCUT2D eigenvalue weighted by atomic mass is 9.79. The molecule has 2 nitrogen and oxygen atoms in total. The van der Waals surface area contributed by atoms with E-state index in [-0.39, 0.29) is 11.6 Å². The molecule has 112 valence electrons. The van der Waals surface area contributed by atoms with Gasteiger partial charge >= 0.3 is 0 Å². The Labute approximate surface area is 128 Å². The number of nitrogens with zero attached hydrogens (tertiary/aromatic N) is 1. The standard InChI is InChI=1S/C17H27ClN2/c1-20(2)17(10-5-3-4-6-11-17)16(19)13-14-8-7-9-15(18)12-14/h7-9,12,16H,3-6,10-11,13,19H2,1-2H3. The van der Waals surface area contributed by atoms with Gasteiger partial charge in [0.25, 0.3) is 0 Å². The molecule has 1 saturated carbocycles. The average molecular weight is 295 g/mol. The zero-order valence-electron chi connectivity index (χ0n) is 12.7. The molecule has 0 aliphatic heterocycles. The molecule has 0 heterocycles. The molecular formula is C17H27ClN2. The highest BCUT2D eigenvalue weighted by Crippen LogP contribution is 2.34. The third-order valence-electron chi connectivity index (χ3n) is 4.89. The Hall–Kier alpha value is -0.570. The monoisotopic (exact) mass is 294 g/mol. The van der Waals surface area contributed by atoms with Crippen LogP contribution in [0.4, 0.5) is 0 Å². The summed E-state index contributed by atoms with van der Waals surface area (Å²) in [5.41, 5.74) is 8.03. The van der Waals surface area contributed by atoms with Crippen LogP contribution in [0.25, 0.3) is 0 Å². The van der Waals surface area contributed by atoms with Crippen molar-refractivity contribution in [2.24, 2.45) is 5.73 Å². The fourth-order valence-corrected chi connectivity index (χ4v) is 3.81. The minimum atomic E-state index is 0.138. The maximum Gasteiger partial charge on any atom is 0.0408 e. The maximum absolute atomic E-state index is 6.65. The molecule has 1 fully saturated rings. The first-order valence-corrected chi connectivity index (χ1v) is 8.10. The van der Waals surface area contributed by atoms with E-state index in [1.54, 1.807) is 0 Å². The first-order chi connectivity index (χ1) is 9.54. The van der Waals surface area contributed by atoms with E-state index in [9.17, 15) is 0 Å². The van der Waals surface area contributed by atoms with Gasteiger partial charge in [-0.2, -0.15) is 0 Å². The summed E-state index contributed by atoms with van der Waals surface area (Å²) in [7, 11) is 4.37. The molecular weight excluding hydrogens is 268 g/mol. The van der Waals surface area contributed by atoms with Gasteiger partial charge in [0, 0.05) is 16.6 Å². The van der Waals surface area contributed by atoms with Gasteiger partial charge in [-0.3, -0.25) is 0 Å². The van der Waals surface area contributed by atoms with Crippen molar-refractivity contribution >= 4 is 11.6 Å². The molecule has 20 heavy (non-hydrogen) atoms. The second-order valence-corrected chi connectivity index (χ2v) is 6.79. The number of likely N-dealkylation sites (N-methyl/N-ethyl adjacent to an activating group) is 1. The predicted molar refractivity (Wildman–Crippen MR) is 87.3 cm³/mol. The van der Waals surface area contributed by atoms with Crippen LogP contribution in [-0.4, -0.2) is 30.6 Å². The average Bonchev–Trinajstić information content (AvgIpc) is 2.65. The van der Waals surface area contributed by atoms with Crippen LogP contribution in [0.15, 0.2) is 24.3 Å². The Morgan fingerprint density at radius 1 is 1.20 bits per heavy atom. The lowest BCUT2D eigenvalue weighted by molar-refractivity contribution is 0.0968. The van der Waals surface area contributed by atoms with E-state index in [1.165, 1.54) is 44.1 Å². The van der Waals surface area contributed by atoms with Crippen molar-refractivity contribution in [3.63, 3.8) is 0 Å². The molecule has 0 aromatic heterocycles. The molecule has 0 saturated heterocycles. The largest absolute Gasteiger partial charge is 0.326 e. The predicted octanol–water partition coefficient (Wildman–Crippen LogP) is 3.86. The Balaban J connectivity index is 2.16. The van der Waals surface area contributed by atoms with Gasteiger partial charge in [-0.15, -0.1) is 0 Å². The van der Waals surface area contributed by atoms with E-state index in [1.807, 2.05) is 18.2 Å². The zero-order chi connectivity index (χ0) is 14.6. The lowest BCUT2D eigenvalue weighted by Gasteiger charge is -2.44. The molecule has 0 spiro atoms. The second-order valence-electron chi connectivity index (χ2n) is 6.35. The van der Waals surface area contributed by atoms with Crippen LogP contribution >= 0.6 is 11.6 Å². The number of halogens is 1. The molecule has 2 N–H and O–H groups in total. The van der Waals surface area contributed by atoms with Gasteiger partial charge in [0.05, 0.1) is 0 Å². The fourth-order valence-electron chi connectivity index (χ4n) is 3.60. The van der Waals surface area contributed by atoms with Gasteiger partial charge in [0.2, 0.25) is 0 Å². The molecule has 1 aromatic rings. The molecule has 0 bridgehead atoms. The van der Waals surface area contributed by atoms with Crippen molar-refractivity contribution < 1.29 is 0 Å². The summed E-state index contributed by atoms with van der Waals surface area (Å²) in [6, 6.07) is 8.27. The molecule has 1 aliphatic rings. The summed E-state index contributed by atoms with van der Waals surface area (Å²) < 4.78 is 0. The van der Waals surface area contributed by atoms with Crippen LogP contribution < -0.4 is 5.73 Å². The Kier molecular flexibility index (Phi) is 5.48. The molecule has 2 rings (SSSR count). The number of benzene rings is 1. The van der Waals surface area contributed by atoms with Crippen LogP contribution in [0, 0.1) is 0 Å². The van der Waals surface area contributed by atoms with Crippen molar-refractivity contribution in [2.75, 3.05) is 14.1 Å². The van der Waals surface area contributed by atoms with Gasteiger partial charge in [0.1, 0.15) is 0 Å². The van der Waals surface area contributed by atoms with E-state index < -0.39 is 0 Å². The topological polar surface area (TPSA) is 29.3 Å². The summed E-state index contributed by atoms with van der Waals surface area (Å²) in [5, 5.41) is 0.800. The number of hydrogen-bond acceptors (Lipinski definition) is 2. The van der Waals surface area contributed by atoms with E-state index >= 15 is 0 Å². The summed E-state index contributed by atoms with van der Waals surface area (Å²) >= 11 is 6.09. The smallest absolute Gasteiger partial charge is 0.0408 e. The molecule has 3 heteroatoms. The van der Waals surface area contributed by atoms with E-state index in [0.717, 1.165) is 11.4 Å². The van der Waals surface area contributed by atoms with Crippen LogP contribution in [0.2, 0.25) is 5.02 Å². The summed E-state index contributed by atoms with van der Waals surface area (Å²) in [6.45, 7) is 0. The Bertz CT molecular complexity index is 423. The normalized spacial score (nSPS) is 20.6. The van der Waals surface area contributed by atoms with Crippen molar-refractivity contribution in [1.82, 2.24) is 4.90 Å². The molecule has 0 amide bonds.